The molecule has 0 saturated carbocycles. The molecule has 0 spiro atoms. The van der Waals surface area contributed by atoms with Crippen LogP contribution in [0.15, 0.2) is 72.8 Å². The molecule has 3 aromatic carbocycles. The largest absolute Gasteiger partial charge is 0.478 e. The average molecular weight is 402 g/mol. The Morgan fingerprint density at radius 2 is 0.867 bits per heavy atom. The highest BCUT2D eigenvalue weighted by molar-refractivity contribution is 5.90. The van der Waals surface area contributed by atoms with Crippen LogP contribution in [-0.4, -0.2) is 22.2 Å². The van der Waals surface area contributed by atoms with Crippen LogP contribution < -0.4 is 0 Å². The summed E-state index contributed by atoms with van der Waals surface area (Å²) in [5, 5.41) is 19.2. The van der Waals surface area contributed by atoms with Gasteiger partial charge in [-0.05, 0) is 34.4 Å². The molecule has 4 nitrogen and oxygen atoms in total. The minimum absolute atomic E-state index is 0.294. The van der Waals surface area contributed by atoms with E-state index in [1.165, 1.54) is 0 Å². The van der Waals surface area contributed by atoms with Crippen LogP contribution in [0.1, 0.15) is 70.7 Å². The van der Waals surface area contributed by atoms with Gasteiger partial charge in [0, 0.05) is 10.8 Å². The second kappa shape index (κ2) is 7.79. The Kier molecular flexibility index (Phi) is 5.53. The molecule has 0 bridgehead atoms. The second-order valence-corrected chi connectivity index (χ2v) is 8.53. The summed E-state index contributed by atoms with van der Waals surface area (Å²) in [5.41, 5.74) is 3.06. The van der Waals surface area contributed by atoms with Gasteiger partial charge in [-0.3, -0.25) is 0 Å². The van der Waals surface area contributed by atoms with Crippen molar-refractivity contribution in [2.24, 2.45) is 0 Å². The number of rotatable bonds is 6. The van der Waals surface area contributed by atoms with Gasteiger partial charge >= 0.3 is 11.9 Å². The fourth-order valence-electron chi connectivity index (χ4n) is 4.04. The Morgan fingerprint density at radius 3 is 1.17 bits per heavy atom. The second-order valence-electron chi connectivity index (χ2n) is 8.53. The Morgan fingerprint density at radius 1 is 0.567 bits per heavy atom. The first-order chi connectivity index (χ1) is 14.1. The average Bonchev–Trinajstić information content (AvgIpc) is 2.73. The number of aromatic carboxylic acids is 2. The Bertz CT molecular complexity index is 1000. The smallest absolute Gasteiger partial charge is 0.335 e. The molecule has 0 aliphatic carbocycles. The van der Waals surface area contributed by atoms with Gasteiger partial charge in [0.15, 0.2) is 0 Å². The summed E-state index contributed by atoms with van der Waals surface area (Å²) < 4.78 is 0. The minimum Gasteiger partial charge on any atom is -0.478 e. The van der Waals surface area contributed by atoms with Gasteiger partial charge in [0.05, 0.1) is 11.1 Å². The van der Waals surface area contributed by atoms with Crippen molar-refractivity contribution >= 4 is 11.9 Å². The van der Waals surface area contributed by atoms with Crippen LogP contribution in [-0.2, 0) is 10.8 Å². The normalized spacial score (nSPS) is 11.9. The van der Waals surface area contributed by atoms with Crippen molar-refractivity contribution in [1.82, 2.24) is 0 Å². The number of hydrogen-bond donors (Lipinski definition) is 2. The predicted molar refractivity (Wildman–Crippen MR) is 118 cm³/mol. The molecule has 3 aromatic rings. The van der Waals surface area contributed by atoms with Crippen LogP contribution >= 0.6 is 0 Å². The molecular weight excluding hydrogens is 376 g/mol. The van der Waals surface area contributed by atoms with E-state index < -0.39 is 22.8 Å². The van der Waals surface area contributed by atoms with Gasteiger partial charge in [-0.2, -0.15) is 0 Å². The van der Waals surface area contributed by atoms with Gasteiger partial charge in [0.2, 0.25) is 0 Å². The molecule has 0 aromatic heterocycles. The van der Waals surface area contributed by atoms with E-state index in [1.54, 1.807) is 24.3 Å². The lowest BCUT2D eigenvalue weighted by Gasteiger charge is -2.30. The summed E-state index contributed by atoms with van der Waals surface area (Å²) in [7, 11) is 0. The van der Waals surface area contributed by atoms with Crippen LogP contribution in [0.25, 0.3) is 0 Å². The maximum Gasteiger partial charge on any atom is 0.335 e. The summed E-state index contributed by atoms with van der Waals surface area (Å²) in [6, 6.07) is 22.1. The molecule has 2 N–H and O–H groups in total. The van der Waals surface area contributed by atoms with Crippen molar-refractivity contribution in [2.75, 3.05) is 0 Å². The summed E-state index contributed by atoms with van der Waals surface area (Å²) in [5.74, 6) is -1.89. The molecule has 0 unspecified atom stereocenters. The Labute approximate surface area is 176 Å². The Hall–Kier alpha value is -3.40. The molecule has 0 saturated heterocycles. The monoisotopic (exact) mass is 402 g/mol. The van der Waals surface area contributed by atoms with Crippen molar-refractivity contribution in [3.05, 3.63) is 106 Å². The maximum atomic E-state index is 11.7. The molecular formula is C26H26O4. The zero-order chi connectivity index (χ0) is 22.1. The van der Waals surface area contributed by atoms with Gasteiger partial charge in [0.25, 0.3) is 0 Å². The van der Waals surface area contributed by atoms with Gasteiger partial charge < -0.3 is 10.2 Å². The summed E-state index contributed by atoms with van der Waals surface area (Å²) >= 11 is 0. The van der Waals surface area contributed by atoms with Crippen LogP contribution in [0.4, 0.5) is 0 Å². The minimum atomic E-state index is -0.943. The first kappa shape index (κ1) is 21.3. The van der Waals surface area contributed by atoms with Gasteiger partial charge in [-0.15, -0.1) is 0 Å². The van der Waals surface area contributed by atoms with Crippen LogP contribution in [0.5, 0.6) is 0 Å². The summed E-state index contributed by atoms with van der Waals surface area (Å²) in [6.07, 6.45) is 0. The quantitative estimate of drug-likeness (QED) is 0.552. The maximum absolute atomic E-state index is 11.7. The standard InChI is InChI=1S/C26H26O4/c1-25(2,21-11-7-5-9-19(21)23(27)28)17-13-15-18(16-14-17)26(3,4)22-12-8-6-10-20(22)24(29)30/h5-16H,1-4H3,(H,27,28)(H,29,30). The van der Waals surface area contributed by atoms with E-state index in [2.05, 4.69) is 0 Å². The van der Waals surface area contributed by atoms with Gasteiger partial charge in [-0.1, -0.05) is 88.4 Å². The van der Waals surface area contributed by atoms with Crippen molar-refractivity contribution in [3.8, 4) is 0 Å². The van der Waals surface area contributed by atoms with Crippen molar-refractivity contribution in [1.29, 1.82) is 0 Å². The highest BCUT2D eigenvalue weighted by Gasteiger charge is 2.30. The molecule has 30 heavy (non-hydrogen) atoms. The number of carbonyl (C=O) groups is 2. The first-order valence-corrected chi connectivity index (χ1v) is 9.83. The van der Waals surface area contributed by atoms with E-state index in [1.807, 2.05) is 76.2 Å². The van der Waals surface area contributed by atoms with Crippen molar-refractivity contribution in [3.63, 3.8) is 0 Å². The van der Waals surface area contributed by atoms with E-state index in [9.17, 15) is 19.8 Å². The van der Waals surface area contributed by atoms with Gasteiger partial charge in [-0.25, -0.2) is 9.59 Å². The molecule has 0 atom stereocenters. The highest BCUT2D eigenvalue weighted by Crippen LogP contribution is 2.37. The van der Waals surface area contributed by atoms with Gasteiger partial charge in [0.1, 0.15) is 0 Å². The van der Waals surface area contributed by atoms with E-state index in [-0.39, 0.29) is 0 Å². The predicted octanol–water partition coefficient (Wildman–Crippen LogP) is 5.73. The SMILES string of the molecule is CC(C)(c1ccc(C(C)(C)c2ccccc2C(=O)O)cc1)c1ccccc1C(=O)O. The number of carboxylic acid groups (broad SMARTS) is 2. The lowest BCUT2D eigenvalue weighted by atomic mass is 9.73. The van der Waals surface area contributed by atoms with E-state index in [4.69, 9.17) is 0 Å². The van der Waals surface area contributed by atoms with Crippen molar-refractivity contribution in [2.45, 2.75) is 38.5 Å². The lowest BCUT2D eigenvalue weighted by Crippen LogP contribution is -2.24. The lowest BCUT2D eigenvalue weighted by molar-refractivity contribution is 0.0683. The van der Waals surface area contributed by atoms with Crippen LogP contribution in [0.2, 0.25) is 0 Å². The van der Waals surface area contributed by atoms with Crippen molar-refractivity contribution < 1.29 is 19.8 Å². The molecule has 0 radical (unpaired) electrons. The fourth-order valence-corrected chi connectivity index (χ4v) is 4.04. The number of carboxylic acids is 2. The molecule has 0 fully saturated rings. The number of hydrogen-bond acceptors (Lipinski definition) is 2. The van der Waals surface area contributed by atoms with Crippen LogP contribution in [0, 0.1) is 0 Å². The summed E-state index contributed by atoms with van der Waals surface area (Å²) in [6.45, 7) is 8.03. The fraction of sp³-hybridized carbons (Fsp3) is 0.231. The van der Waals surface area contributed by atoms with E-state index >= 15 is 0 Å². The third-order valence-electron chi connectivity index (χ3n) is 5.99. The zero-order valence-electron chi connectivity index (χ0n) is 17.6. The molecule has 4 heteroatoms. The van der Waals surface area contributed by atoms with Crippen LogP contribution in [0.3, 0.4) is 0 Å². The first-order valence-electron chi connectivity index (χ1n) is 9.83. The zero-order valence-corrected chi connectivity index (χ0v) is 17.6. The molecule has 0 amide bonds. The molecule has 154 valence electrons. The summed E-state index contributed by atoms with van der Waals surface area (Å²) in [4.78, 5) is 23.4. The highest BCUT2D eigenvalue weighted by atomic mass is 16.4. The van der Waals surface area contributed by atoms with E-state index in [0.717, 1.165) is 22.3 Å². The van der Waals surface area contributed by atoms with E-state index in [0.29, 0.717) is 11.1 Å². The third kappa shape index (κ3) is 3.73. The molecule has 3 rings (SSSR count). The third-order valence-corrected chi connectivity index (χ3v) is 5.99. The molecule has 0 heterocycles. The topological polar surface area (TPSA) is 74.6 Å². The molecule has 0 aliphatic heterocycles. The molecule has 0 aliphatic rings. The number of benzene rings is 3. The Balaban J connectivity index is 2.03.